The number of carboxylic acid groups (broad SMARTS) is 1. The summed E-state index contributed by atoms with van der Waals surface area (Å²) in [5.41, 5.74) is 3.93. The van der Waals surface area contributed by atoms with E-state index < -0.39 is 29.2 Å². The summed E-state index contributed by atoms with van der Waals surface area (Å²) >= 11 is 0. The minimum atomic E-state index is -1.07. The quantitative estimate of drug-likeness (QED) is 0.596. The van der Waals surface area contributed by atoms with Gasteiger partial charge in [0.25, 0.3) is 0 Å². The second-order valence-electron chi connectivity index (χ2n) is 4.16. The molecule has 0 aliphatic carbocycles. The number of carbonyl (C=O) groups is 3. The van der Waals surface area contributed by atoms with Crippen molar-refractivity contribution < 1.29 is 19.5 Å². The summed E-state index contributed by atoms with van der Waals surface area (Å²) in [6.07, 6.45) is 0.571. The summed E-state index contributed by atoms with van der Waals surface area (Å²) in [7, 11) is 0. The van der Waals surface area contributed by atoms with E-state index in [1.54, 1.807) is 13.8 Å². The van der Waals surface area contributed by atoms with Gasteiger partial charge in [0.2, 0.25) is 11.8 Å². The average molecular weight is 244 g/mol. The fraction of sp³-hybridized carbons (Fsp3) is 0.727. The molecule has 0 aromatic rings. The minimum Gasteiger partial charge on any atom is -0.481 e. The van der Waals surface area contributed by atoms with Gasteiger partial charge in [-0.05, 0) is 19.8 Å². The van der Waals surface area contributed by atoms with Crippen molar-refractivity contribution in [3.63, 3.8) is 0 Å². The molecule has 6 heteroatoms. The highest BCUT2D eigenvalue weighted by atomic mass is 16.4. The monoisotopic (exact) mass is 244 g/mol. The second kappa shape index (κ2) is 6.22. The van der Waals surface area contributed by atoms with Gasteiger partial charge in [-0.1, -0.05) is 13.8 Å². The van der Waals surface area contributed by atoms with Crippen molar-refractivity contribution in [2.75, 3.05) is 0 Å². The molecule has 0 bridgehead atoms. The molecule has 1 atom stereocenters. The lowest BCUT2D eigenvalue weighted by Crippen LogP contribution is -2.45. The number of primary amides is 1. The van der Waals surface area contributed by atoms with Crippen LogP contribution >= 0.6 is 0 Å². The number of amides is 2. The first kappa shape index (κ1) is 15.4. The van der Waals surface area contributed by atoms with E-state index in [0.29, 0.717) is 12.8 Å². The summed E-state index contributed by atoms with van der Waals surface area (Å²) in [5, 5.41) is 11.5. The number of nitrogens with two attached hydrogens (primary N) is 1. The first-order chi connectivity index (χ1) is 7.79. The number of carbonyl (C=O) groups excluding carboxylic acids is 2. The Balaban J connectivity index is 4.63. The van der Waals surface area contributed by atoms with Crippen LogP contribution in [0.3, 0.4) is 0 Å². The van der Waals surface area contributed by atoms with Crippen LogP contribution in [0.25, 0.3) is 0 Å². The van der Waals surface area contributed by atoms with E-state index in [9.17, 15) is 14.4 Å². The first-order valence-electron chi connectivity index (χ1n) is 5.61. The van der Waals surface area contributed by atoms with Crippen molar-refractivity contribution in [3.8, 4) is 0 Å². The normalized spacial score (nSPS) is 12.9. The number of rotatable bonds is 7. The molecule has 0 heterocycles. The lowest BCUT2D eigenvalue weighted by molar-refractivity contribution is -0.152. The Labute approximate surface area is 101 Å². The van der Waals surface area contributed by atoms with Gasteiger partial charge in [-0.15, -0.1) is 0 Å². The summed E-state index contributed by atoms with van der Waals surface area (Å²) in [6, 6.07) is -0.789. The molecule has 0 rings (SSSR count). The maximum Gasteiger partial charge on any atom is 0.310 e. The number of aliphatic carboxylic acids is 1. The Hall–Kier alpha value is -1.59. The zero-order valence-corrected chi connectivity index (χ0v) is 10.4. The highest BCUT2D eigenvalue weighted by molar-refractivity contribution is 5.89. The van der Waals surface area contributed by atoms with Crippen molar-refractivity contribution >= 4 is 17.8 Å². The van der Waals surface area contributed by atoms with E-state index in [1.807, 2.05) is 0 Å². The molecule has 0 saturated heterocycles. The second-order valence-corrected chi connectivity index (χ2v) is 4.16. The van der Waals surface area contributed by atoms with Crippen LogP contribution in [0.4, 0.5) is 0 Å². The highest BCUT2D eigenvalue weighted by Crippen LogP contribution is 2.30. The van der Waals surface area contributed by atoms with Gasteiger partial charge in [-0.3, -0.25) is 14.4 Å². The molecule has 0 saturated carbocycles. The van der Waals surface area contributed by atoms with Gasteiger partial charge in [-0.25, -0.2) is 0 Å². The van der Waals surface area contributed by atoms with Crippen molar-refractivity contribution in [1.29, 1.82) is 0 Å². The van der Waals surface area contributed by atoms with Gasteiger partial charge < -0.3 is 16.2 Å². The van der Waals surface area contributed by atoms with Gasteiger partial charge in [0.15, 0.2) is 0 Å². The third kappa shape index (κ3) is 4.05. The SMILES string of the molecule is CCC(CC)(CC(=O)NC(C)C(N)=O)C(=O)O. The summed E-state index contributed by atoms with van der Waals surface area (Å²) in [5.74, 6) is -2.11. The van der Waals surface area contributed by atoms with Crippen molar-refractivity contribution in [3.05, 3.63) is 0 Å². The molecule has 2 amide bonds. The van der Waals surface area contributed by atoms with E-state index in [2.05, 4.69) is 5.32 Å². The zero-order valence-electron chi connectivity index (χ0n) is 10.4. The Bertz CT molecular complexity index is 311. The Morgan fingerprint density at radius 1 is 1.29 bits per heavy atom. The Morgan fingerprint density at radius 2 is 1.76 bits per heavy atom. The van der Waals surface area contributed by atoms with Crippen LogP contribution in [0, 0.1) is 5.41 Å². The van der Waals surface area contributed by atoms with Crippen LogP contribution in [0.5, 0.6) is 0 Å². The topological polar surface area (TPSA) is 109 Å². The molecule has 0 aromatic carbocycles. The highest BCUT2D eigenvalue weighted by Gasteiger charge is 2.37. The third-order valence-corrected chi connectivity index (χ3v) is 3.11. The molecule has 0 radical (unpaired) electrons. The van der Waals surface area contributed by atoms with E-state index in [1.165, 1.54) is 6.92 Å². The van der Waals surface area contributed by atoms with Crippen LogP contribution < -0.4 is 11.1 Å². The molecular formula is C11H20N2O4. The standard InChI is InChI=1S/C11H20N2O4/c1-4-11(5-2,10(16)17)6-8(14)13-7(3)9(12)15/h7H,4-6H2,1-3H3,(H2,12,15)(H,13,14)(H,16,17). The van der Waals surface area contributed by atoms with E-state index in [0.717, 1.165) is 0 Å². The van der Waals surface area contributed by atoms with Crippen molar-refractivity contribution in [2.45, 2.75) is 46.1 Å². The van der Waals surface area contributed by atoms with E-state index >= 15 is 0 Å². The van der Waals surface area contributed by atoms with Gasteiger partial charge >= 0.3 is 5.97 Å². The number of carboxylic acids is 1. The third-order valence-electron chi connectivity index (χ3n) is 3.11. The largest absolute Gasteiger partial charge is 0.481 e. The Kier molecular flexibility index (Phi) is 5.64. The average Bonchev–Trinajstić information content (AvgIpc) is 2.25. The Morgan fingerprint density at radius 3 is 2.06 bits per heavy atom. The summed E-state index contributed by atoms with van der Waals surface area (Å²) in [4.78, 5) is 33.5. The van der Waals surface area contributed by atoms with Gasteiger partial charge in [0.1, 0.15) is 6.04 Å². The minimum absolute atomic E-state index is 0.146. The maximum absolute atomic E-state index is 11.6. The number of hydrogen-bond acceptors (Lipinski definition) is 3. The van der Waals surface area contributed by atoms with Gasteiger partial charge in [-0.2, -0.15) is 0 Å². The van der Waals surface area contributed by atoms with Crippen molar-refractivity contribution in [2.24, 2.45) is 11.1 Å². The molecule has 0 spiro atoms. The number of hydrogen-bond donors (Lipinski definition) is 3. The summed E-state index contributed by atoms with van der Waals surface area (Å²) in [6.45, 7) is 4.91. The van der Waals surface area contributed by atoms with Crippen LogP contribution in [0.1, 0.15) is 40.0 Å². The fourth-order valence-electron chi connectivity index (χ4n) is 1.55. The van der Waals surface area contributed by atoms with E-state index in [4.69, 9.17) is 10.8 Å². The lowest BCUT2D eigenvalue weighted by atomic mass is 9.79. The lowest BCUT2D eigenvalue weighted by Gasteiger charge is -2.26. The predicted octanol–water partition coefficient (Wildman–Crippen LogP) is 0.258. The van der Waals surface area contributed by atoms with Crippen LogP contribution in [-0.2, 0) is 14.4 Å². The van der Waals surface area contributed by atoms with Crippen LogP contribution in [0.15, 0.2) is 0 Å². The molecule has 0 aromatic heterocycles. The molecule has 0 fully saturated rings. The maximum atomic E-state index is 11.6. The van der Waals surface area contributed by atoms with Gasteiger partial charge in [0, 0.05) is 6.42 Å². The van der Waals surface area contributed by atoms with Gasteiger partial charge in [0.05, 0.1) is 5.41 Å². The van der Waals surface area contributed by atoms with Crippen molar-refractivity contribution in [1.82, 2.24) is 5.32 Å². The fourth-order valence-corrected chi connectivity index (χ4v) is 1.55. The zero-order chi connectivity index (χ0) is 13.6. The summed E-state index contributed by atoms with van der Waals surface area (Å²) < 4.78 is 0. The molecule has 1 unspecified atom stereocenters. The molecular weight excluding hydrogens is 224 g/mol. The van der Waals surface area contributed by atoms with Crippen LogP contribution in [0.2, 0.25) is 0 Å². The molecule has 98 valence electrons. The molecule has 6 nitrogen and oxygen atoms in total. The smallest absolute Gasteiger partial charge is 0.310 e. The number of nitrogens with one attached hydrogen (secondary N) is 1. The van der Waals surface area contributed by atoms with Crippen LogP contribution in [-0.4, -0.2) is 28.9 Å². The first-order valence-corrected chi connectivity index (χ1v) is 5.61. The molecule has 0 aliphatic heterocycles. The molecule has 4 N–H and O–H groups in total. The molecule has 17 heavy (non-hydrogen) atoms. The molecule has 0 aliphatic rings. The predicted molar refractivity (Wildman–Crippen MR) is 62.1 cm³/mol. The van der Waals surface area contributed by atoms with E-state index in [-0.39, 0.29) is 6.42 Å².